The highest BCUT2D eigenvalue weighted by Crippen LogP contribution is 2.22. The summed E-state index contributed by atoms with van der Waals surface area (Å²) in [5, 5.41) is 6.27. The Morgan fingerprint density at radius 2 is 1.96 bits per heavy atom. The number of halogens is 2. The Kier molecular flexibility index (Phi) is 5.05. The molecule has 2 N–H and O–H groups in total. The van der Waals surface area contributed by atoms with Crippen LogP contribution in [0.2, 0.25) is 0 Å². The SMILES string of the molecule is Cc1cc(Nc2nccc(NCc3ccccc3F)n2)ccc1Br. The molecule has 0 aliphatic rings. The molecule has 0 saturated carbocycles. The molecule has 4 nitrogen and oxygen atoms in total. The van der Waals surface area contributed by atoms with Crippen molar-refractivity contribution in [2.75, 3.05) is 10.6 Å². The molecule has 0 amide bonds. The van der Waals surface area contributed by atoms with E-state index < -0.39 is 0 Å². The molecule has 0 aliphatic carbocycles. The fraction of sp³-hybridized carbons (Fsp3) is 0.111. The average Bonchev–Trinajstić information content (AvgIpc) is 2.58. The van der Waals surface area contributed by atoms with Gasteiger partial charge in [0.05, 0.1) is 0 Å². The molecular weight excluding hydrogens is 371 g/mol. The van der Waals surface area contributed by atoms with Crippen LogP contribution in [0.15, 0.2) is 59.2 Å². The summed E-state index contributed by atoms with van der Waals surface area (Å²) in [6.45, 7) is 2.38. The monoisotopic (exact) mass is 386 g/mol. The highest BCUT2D eigenvalue weighted by atomic mass is 79.9. The standard InChI is InChI=1S/C18H16BrFN4/c1-12-10-14(6-7-15(12)19)23-18-21-9-8-17(24-18)22-11-13-4-2-3-5-16(13)20/h2-10H,11H2,1H3,(H2,21,22,23,24). The molecule has 122 valence electrons. The second kappa shape index (κ2) is 7.40. The summed E-state index contributed by atoms with van der Waals surface area (Å²) in [4.78, 5) is 8.61. The molecular formula is C18H16BrFN4. The lowest BCUT2D eigenvalue weighted by atomic mass is 10.2. The maximum atomic E-state index is 13.6. The highest BCUT2D eigenvalue weighted by molar-refractivity contribution is 9.10. The zero-order valence-electron chi connectivity index (χ0n) is 13.1. The molecule has 2 aromatic carbocycles. The van der Waals surface area contributed by atoms with Crippen LogP contribution in [0.1, 0.15) is 11.1 Å². The lowest BCUT2D eigenvalue weighted by Gasteiger charge is -2.10. The molecule has 0 unspecified atom stereocenters. The number of rotatable bonds is 5. The zero-order valence-corrected chi connectivity index (χ0v) is 14.6. The fourth-order valence-electron chi connectivity index (χ4n) is 2.20. The third-order valence-electron chi connectivity index (χ3n) is 3.49. The van der Waals surface area contributed by atoms with Crippen LogP contribution in [0.25, 0.3) is 0 Å². The van der Waals surface area contributed by atoms with Crippen molar-refractivity contribution in [1.82, 2.24) is 9.97 Å². The summed E-state index contributed by atoms with van der Waals surface area (Å²) < 4.78 is 14.7. The van der Waals surface area contributed by atoms with E-state index in [1.807, 2.05) is 31.2 Å². The molecule has 0 spiro atoms. The van der Waals surface area contributed by atoms with Crippen LogP contribution in [0.5, 0.6) is 0 Å². The largest absolute Gasteiger partial charge is 0.366 e. The summed E-state index contributed by atoms with van der Waals surface area (Å²) >= 11 is 3.48. The van der Waals surface area contributed by atoms with Crippen molar-refractivity contribution >= 4 is 33.4 Å². The van der Waals surface area contributed by atoms with Crippen LogP contribution in [0, 0.1) is 12.7 Å². The van der Waals surface area contributed by atoms with Crippen LogP contribution in [0.3, 0.4) is 0 Å². The fourth-order valence-corrected chi connectivity index (χ4v) is 2.44. The summed E-state index contributed by atoms with van der Waals surface area (Å²) in [6.07, 6.45) is 1.66. The number of nitrogens with one attached hydrogen (secondary N) is 2. The Morgan fingerprint density at radius 3 is 2.75 bits per heavy atom. The van der Waals surface area contributed by atoms with E-state index in [1.54, 1.807) is 24.4 Å². The molecule has 1 heterocycles. The van der Waals surface area contributed by atoms with Gasteiger partial charge in [0.15, 0.2) is 0 Å². The molecule has 0 bridgehead atoms. The van der Waals surface area contributed by atoms with Crippen LogP contribution >= 0.6 is 15.9 Å². The Balaban J connectivity index is 1.69. The maximum Gasteiger partial charge on any atom is 0.229 e. The second-order valence-electron chi connectivity index (χ2n) is 5.30. The minimum absolute atomic E-state index is 0.234. The molecule has 0 radical (unpaired) electrons. The average molecular weight is 387 g/mol. The van der Waals surface area contributed by atoms with Crippen LogP contribution in [0.4, 0.5) is 21.8 Å². The van der Waals surface area contributed by atoms with E-state index >= 15 is 0 Å². The maximum absolute atomic E-state index is 13.6. The van der Waals surface area contributed by atoms with E-state index in [1.165, 1.54) is 6.07 Å². The van der Waals surface area contributed by atoms with Gasteiger partial charge in [0, 0.05) is 28.5 Å². The summed E-state index contributed by atoms with van der Waals surface area (Å²) in [5.41, 5.74) is 2.62. The molecule has 1 aromatic heterocycles. The summed E-state index contributed by atoms with van der Waals surface area (Å²) in [5.74, 6) is 0.877. The normalized spacial score (nSPS) is 10.5. The smallest absolute Gasteiger partial charge is 0.229 e. The van der Waals surface area contributed by atoms with E-state index in [0.29, 0.717) is 23.9 Å². The quantitative estimate of drug-likeness (QED) is 0.644. The Morgan fingerprint density at radius 1 is 1.12 bits per heavy atom. The summed E-state index contributed by atoms with van der Waals surface area (Å²) in [7, 11) is 0. The number of aromatic nitrogens is 2. The number of nitrogens with zero attached hydrogens (tertiary/aromatic N) is 2. The lowest BCUT2D eigenvalue weighted by molar-refractivity contribution is 0.613. The van der Waals surface area contributed by atoms with Gasteiger partial charge in [-0.3, -0.25) is 0 Å². The van der Waals surface area contributed by atoms with Crippen molar-refractivity contribution in [1.29, 1.82) is 0 Å². The first kappa shape index (κ1) is 16.4. The number of benzene rings is 2. The van der Waals surface area contributed by atoms with Crippen LogP contribution in [-0.4, -0.2) is 9.97 Å². The van der Waals surface area contributed by atoms with Crippen molar-refractivity contribution in [2.24, 2.45) is 0 Å². The van der Waals surface area contributed by atoms with Gasteiger partial charge in [0.1, 0.15) is 11.6 Å². The van der Waals surface area contributed by atoms with E-state index in [-0.39, 0.29) is 5.82 Å². The third-order valence-corrected chi connectivity index (χ3v) is 4.38. The number of hydrogen-bond acceptors (Lipinski definition) is 4. The van der Waals surface area contributed by atoms with Crippen molar-refractivity contribution in [3.63, 3.8) is 0 Å². The predicted octanol–water partition coefficient (Wildman–Crippen LogP) is 5.04. The minimum Gasteiger partial charge on any atom is -0.366 e. The number of anilines is 3. The number of hydrogen-bond donors (Lipinski definition) is 2. The second-order valence-corrected chi connectivity index (χ2v) is 6.15. The van der Waals surface area contributed by atoms with Gasteiger partial charge in [-0.05, 0) is 42.8 Å². The Bertz CT molecular complexity index is 854. The molecule has 0 fully saturated rings. The molecule has 0 aliphatic heterocycles. The predicted molar refractivity (Wildman–Crippen MR) is 97.9 cm³/mol. The van der Waals surface area contributed by atoms with Gasteiger partial charge < -0.3 is 10.6 Å². The summed E-state index contributed by atoms with van der Waals surface area (Å²) in [6, 6.07) is 14.3. The van der Waals surface area contributed by atoms with E-state index in [2.05, 4.69) is 36.5 Å². The Labute approximate surface area is 148 Å². The van der Waals surface area contributed by atoms with Gasteiger partial charge in [-0.25, -0.2) is 9.37 Å². The first-order chi connectivity index (χ1) is 11.6. The molecule has 0 atom stereocenters. The minimum atomic E-state index is -0.234. The van der Waals surface area contributed by atoms with Crippen molar-refractivity contribution in [3.05, 3.63) is 76.1 Å². The van der Waals surface area contributed by atoms with Gasteiger partial charge in [-0.1, -0.05) is 34.1 Å². The van der Waals surface area contributed by atoms with Crippen LogP contribution < -0.4 is 10.6 Å². The molecule has 3 aromatic rings. The molecule has 24 heavy (non-hydrogen) atoms. The molecule has 0 saturated heterocycles. The third kappa shape index (κ3) is 4.08. The van der Waals surface area contributed by atoms with E-state index in [0.717, 1.165) is 15.7 Å². The van der Waals surface area contributed by atoms with Crippen molar-refractivity contribution in [2.45, 2.75) is 13.5 Å². The van der Waals surface area contributed by atoms with Gasteiger partial charge in [0.25, 0.3) is 0 Å². The van der Waals surface area contributed by atoms with Gasteiger partial charge in [-0.15, -0.1) is 0 Å². The van der Waals surface area contributed by atoms with Gasteiger partial charge >= 0.3 is 0 Å². The van der Waals surface area contributed by atoms with Gasteiger partial charge in [0.2, 0.25) is 5.95 Å². The number of aryl methyl sites for hydroxylation is 1. The van der Waals surface area contributed by atoms with Gasteiger partial charge in [-0.2, -0.15) is 4.98 Å². The molecule has 6 heteroatoms. The van der Waals surface area contributed by atoms with E-state index in [4.69, 9.17) is 0 Å². The first-order valence-electron chi connectivity index (χ1n) is 7.45. The van der Waals surface area contributed by atoms with E-state index in [9.17, 15) is 4.39 Å². The first-order valence-corrected chi connectivity index (χ1v) is 8.24. The van der Waals surface area contributed by atoms with Crippen LogP contribution in [-0.2, 0) is 6.54 Å². The topological polar surface area (TPSA) is 49.8 Å². The Hall–Kier alpha value is -2.47. The van der Waals surface area contributed by atoms with Crippen molar-refractivity contribution < 1.29 is 4.39 Å². The van der Waals surface area contributed by atoms with Crippen molar-refractivity contribution in [3.8, 4) is 0 Å². The molecule has 3 rings (SSSR count). The zero-order chi connectivity index (χ0) is 16.9. The lowest BCUT2D eigenvalue weighted by Crippen LogP contribution is -2.05. The highest BCUT2D eigenvalue weighted by Gasteiger charge is 2.04.